The minimum Gasteiger partial charge on any atom is -0.496 e. The minimum absolute atomic E-state index is 0.00506. The van der Waals surface area contributed by atoms with Gasteiger partial charge in [-0.1, -0.05) is 45.5 Å². The van der Waals surface area contributed by atoms with Gasteiger partial charge < -0.3 is 4.74 Å². The largest absolute Gasteiger partial charge is 0.496 e. The summed E-state index contributed by atoms with van der Waals surface area (Å²) >= 11 is 0.974. The number of carbonyl (C=O) groups is 2. The summed E-state index contributed by atoms with van der Waals surface area (Å²) in [4.78, 5) is 25.1. The van der Waals surface area contributed by atoms with Gasteiger partial charge in [-0.05, 0) is 76.6 Å². The van der Waals surface area contributed by atoms with Gasteiger partial charge in [0.2, 0.25) is 5.91 Å². The van der Waals surface area contributed by atoms with Gasteiger partial charge in [-0.3, -0.25) is 14.5 Å². The summed E-state index contributed by atoms with van der Waals surface area (Å²) in [6.45, 7) is 11.1. The van der Waals surface area contributed by atoms with E-state index < -0.39 is 5.82 Å². The predicted octanol–water partition coefficient (Wildman–Crippen LogP) is 6.35. The molecule has 0 atom stereocenters. The molecule has 2 aromatic carbocycles. The lowest BCUT2D eigenvalue weighted by molar-refractivity contribution is -0.125. The number of aryl methyl sites for hydroxylation is 1. The fourth-order valence-electron chi connectivity index (χ4n) is 4.86. The molecule has 0 bridgehead atoms. The average Bonchev–Trinajstić information content (AvgIpc) is 3.03. The van der Waals surface area contributed by atoms with E-state index in [1.807, 2.05) is 6.92 Å². The number of hydrogen-bond donors (Lipinski definition) is 0. The van der Waals surface area contributed by atoms with Crippen LogP contribution in [0.5, 0.6) is 5.75 Å². The van der Waals surface area contributed by atoms with Gasteiger partial charge in [0.15, 0.2) is 0 Å². The molecular formula is C26H30FNO3S. The molecule has 6 heteroatoms. The maximum absolute atomic E-state index is 15.5. The van der Waals surface area contributed by atoms with Gasteiger partial charge >= 0.3 is 0 Å². The Labute approximate surface area is 193 Å². The highest BCUT2D eigenvalue weighted by atomic mass is 32.2. The van der Waals surface area contributed by atoms with E-state index >= 15 is 4.39 Å². The third-order valence-corrected chi connectivity index (χ3v) is 7.84. The Morgan fingerprint density at radius 3 is 2.22 bits per heavy atom. The molecule has 4 nitrogen and oxygen atoms in total. The van der Waals surface area contributed by atoms with E-state index in [1.54, 1.807) is 6.07 Å². The molecule has 2 aliphatic rings. The summed E-state index contributed by atoms with van der Waals surface area (Å²) < 4.78 is 21.1. The average molecular weight is 456 g/mol. The first-order valence-corrected chi connectivity index (χ1v) is 11.9. The van der Waals surface area contributed by atoms with Crippen LogP contribution < -0.4 is 4.74 Å². The molecule has 1 aliphatic carbocycles. The normalized spacial score (nSPS) is 19.3. The lowest BCUT2D eigenvalue weighted by Gasteiger charge is -2.42. The number of methoxy groups -OCH3 is 1. The Balaban J connectivity index is 1.82. The van der Waals surface area contributed by atoms with Gasteiger partial charge in [-0.15, -0.1) is 0 Å². The molecule has 0 spiro atoms. The van der Waals surface area contributed by atoms with Crippen LogP contribution in [0.3, 0.4) is 0 Å². The molecule has 0 radical (unpaired) electrons. The van der Waals surface area contributed by atoms with E-state index in [1.165, 1.54) is 24.3 Å². The van der Waals surface area contributed by atoms with E-state index in [0.29, 0.717) is 16.9 Å². The first-order valence-electron chi connectivity index (χ1n) is 10.9. The van der Waals surface area contributed by atoms with Crippen molar-refractivity contribution in [2.45, 2.75) is 64.8 Å². The smallest absolute Gasteiger partial charge is 0.289 e. The van der Waals surface area contributed by atoms with Crippen LogP contribution in [0.2, 0.25) is 0 Å². The third-order valence-electron chi connectivity index (χ3n) is 6.98. The van der Waals surface area contributed by atoms with Gasteiger partial charge in [-0.25, -0.2) is 4.39 Å². The molecule has 1 aliphatic heterocycles. The zero-order chi connectivity index (χ0) is 23.4. The Hall–Kier alpha value is -2.34. The summed E-state index contributed by atoms with van der Waals surface area (Å²) in [5, 5.41) is -0.297. The molecule has 2 amide bonds. The second-order valence-electron chi connectivity index (χ2n) is 10.2. The number of imide groups is 1. The zero-order valence-electron chi connectivity index (χ0n) is 19.6. The van der Waals surface area contributed by atoms with Crippen molar-refractivity contribution in [1.82, 2.24) is 4.90 Å². The van der Waals surface area contributed by atoms with Crippen LogP contribution in [-0.2, 0) is 22.2 Å². The molecule has 1 saturated heterocycles. The number of amides is 2. The first kappa shape index (κ1) is 22.8. The van der Waals surface area contributed by atoms with Crippen LogP contribution >= 0.6 is 11.8 Å². The van der Waals surface area contributed by atoms with E-state index in [2.05, 4.69) is 39.8 Å². The van der Waals surface area contributed by atoms with Gasteiger partial charge in [-0.2, -0.15) is 0 Å². The first-order chi connectivity index (χ1) is 14.9. The summed E-state index contributed by atoms with van der Waals surface area (Å²) in [6.07, 6.45) is 2.19. The molecule has 32 heavy (non-hydrogen) atoms. The Bertz CT molecular complexity index is 1110. The van der Waals surface area contributed by atoms with Crippen LogP contribution in [0, 0.1) is 12.7 Å². The van der Waals surface area contributed by atoms with Gasteiger partial charge in [0.25, 0.3) is 5.24 Å². The van der Waals surface area contributed by atoms with Crippen molar-refractivity contribution in [3.63, 3.8) is 0 Å². The summed E-state index contributed by atoms with van der Waals surface area (Å²) in [5.74, 6) is -0.125. The molecule has 0 saturated carbocycles. The highest BCUT2D eigenvalue weighted by Crippen LogP contribution is 2.48. The van der Waals surface area contributed by atoms with Crippen molar-refractivity contribution >= 4 is 22.9 Å². The van der Waals surface area contributed by atoms with Crippen LogP contribution in [0.15, 0.2) is 24.3 Å². The molecule has 1 fully saturated rings. The summed E-state index contributed by atoms with van der Waals surface area (Å²) in [5.41, 5.74) is 5.44. The fourth-order valence-corrected chi connectivity index (χ4v) is 5.58. The van der Waals surface area contributed by atoms with Crippen molar-refractivity contribution in [3.05, 3.63) is 52.3 Å². The monoisotopic (exact) mass is 455 g/mol. The molecule has 0 unspecified atom stereocenters. The zero-order valence-corrected chi connectivity index (χ0v) is 20.4. The maximum atomic E-state index is 15.5. The van der Waals surface area contributed by atoms with Crippen LogP contribution in [0.1, 0.15) is 62.8 Å². The molecule has 0 N–H and O–H groups in total. The van der Waals surface area contributed by atoms with E-state index in [-0.39, 0.29) is 34.3 Å². The molecular weight excluding hydrogens is 425 g/mol. The lowest BCUT2D eigenvalue weighted by Crippen LogP contribution is -2.34. The number of benzene rings is 2. The number of fused-ring (bicyclic) bond motifs is 1. The van der Waals surface area contributed by atoms with Crippen molar-refractivity contribution in [3.8, 4) is 16.9 Å². The van der Waals surface area contributed by atoms with E-state index in [4.69, 9.17) is 4.74 Å². The van der Waals surface area contributed by atoms with Crippen LogP contribution in [0.25, 0.3) is 11.1 Å². The second-order valence-corrected chi connectivity index (χ2v) is 11.1. The number of hydrogen-bond acceptors (Lipinski definition) is 4. The van der Waals surface area contributed by atoms with Crippen LogP contribution in [-0.4, -0.2) is 28.9 Å². The summed E-state index contributed by atoms with van der Waals surface area (Å²) in [7, 11) is 1.52. The fraction of sp³-hybridized carbons (Fsp3) is 0.462. The van der Waals surface area contributed by atoms with Crippen molar-refractivity contribution in [1.29, 1.82) is 0 Å². The maximum Gasteiger partial charge on any atom is 0.289 e. The minimum atomic E-state index is -0.415. The Morgan fingerprint density at radius 2 is 1.66 bits per heavy atom. The highest BCUT2D eigenvalue weighted by Gasteiger charge is 2.38. The standard InChI is InChI=1S/C26H30FNO3S/c1-15-9-18-19(26(4,5)8-7-25(18,2)3)12-17(15)23-20(27)10-16(11-21(23)31-6)13-28-22(29)14-32-24(28)30/h9-12H,7-8,13-14H2,1-6H3. The Kier molecular flexibility index (Phi) is 5.64. The van der Waals surface area contributed by atoms with Crippen LogP contribution in [0.4, 0.5) is 9.18 Å². The SMILES string of the molecule is COc1cc(CN2C(=O)CSC2=O)cc(F)c1-c1cc2c(cc1C)C(C)(C)CCC2(C)C. The molecule has 2 aromatic rings. The van der Waals surface area contributed by atoms with Crippen molar-refractivity contribution in [2.24, 2.45) is 0 Å². The number of rotatable bonds is 4. The molecule has 170 valence electrons. The topological polar surface area (TPSA) is 46.6 Å². The third kappa shape index (κ3) is 3.83. The number of nitrogens with zero attached hydrogens (tertiary/aromatic N) is 1. The lowest BCUT2D eigenvalue weighted by atomic mass is 9.62. The number of halogens is 1. The molecule has 1 heterocycles. The summed E-state index contributed by atoms with van der Waals surface area (Å²) in [6, 6.07) is 7.48. The predicted molar refractivity (Wildman–Crippen MR) is 127 cm³/mol. The molecule has 4 rings (SSSR count). The number of ether oxygens (including phenoxy) is 1. The Morgan fingerprint density at radius 1 is 1.03 bits per heavy atom. The van der Waals surface area contributed by atoms with Crippen molar-refractivity contribution < 1.29 is 18.7 Å². The highest BCUT2D eigenvalue weighted by molar-refractivity contribution is 8.14. The van der Waals surface area contributed by atoms with Crippen molar-refractivity contribution in [2.75, 3.05) is 12.9 Å². The number of thioether (sulfide) groups is 1. The van der Waals surface area contributed by atoms with E-state index in [9.17, 15) is 9.59 Å². The van der Waals surface area contributed by atoms with E-state index in [0.717, 1.165) is 40.6 Å². The quantitative estimate of drug-likeness (QED) is 0.539. The second kappa shape index (κ2) is 7.91. The van der Waals surface area contributed by atoms with Gasteiger partial charge in [0, 0.05) is 0 Å². The van der Waals surface area contributed by atoms with Gasteiger partial charge in [0.05, 0.1) is 25.0 Å². The van der Waals surface area contributed by atoms with Gasteiger partial charge in [0.1, 0.15) is 11.6 Å². The molecule has 0 aromatic heterocycles. The number of carbonyl (C=O) groups excluding carboxylic acids is 2.